The minimum absolute atomic E-state index is 0.472. The first kappa shape index (κ1) is 11.7. The quantitative estimate of drug-likeness (QED) is 0.766. The minimum atomic E-state index is 0.472. The molecule has 2 rings (SSSR count). The van der Waals surface area contributed by atoms with Crippen LogP contribution >= 0.6 is 11.6 Å². The van der Waals surface area contributed by atoms with Crippen molar-refractivity contribution >= 4 is 17.7 Å². The Bertz CT molecular complexity index is 520. The standard InChI is InChI=1S/C15H13ClO/c1-2-12-6-5-8-14(10-12)17-11-13-7-3-4-9-15(13)16/h2-10H,1,11H2. The fourth-order valence-corrected chi connectivity index (χ4v) is 1.70. The molecule has 17 heavy (non-hydrogen) atoms. The second-order valence-corrected chi connectivity index (χ2v) is 4.06. The second-order valence-electron chi connectivity index (χ2n) is 3.66. The minimum Gasteiger partial charge on any atom is -0.489 e. The van der Waals surface area contributed by atoms with Crippen LogP contribution in [0.25, 0.3) is 6.08 Å². The third kappa shape index (κ3) is 3.11. The van der Waals surface area contributed by atoms with Gasteiger partial charge in [-0.25, -0.2) is 0 Å². The molecule has 0 aromatic heterocycles. The fourth-order valence-electron chi connectivity index (χ4n) is 1.51. The molecule has 0 saturated carbocycles. The molecule has 0 fully saturated rings. The Morgan fingerprint density at radius 3 is 2.71 bits per heavy atom. The van der Waals surface area contributed by atoms with Gasteiger partial charge in [0.2, 0.25) is 0 Å². The summed E-state index contributed by atoms with van der Waals surface area (Å²) in [5.74, 6) is 0.822. The zero-order valence-electron chi connectivity index (χ0n) is 9.40. The fraction of sp³-hybridized carbons (Fsp3) is 0.0667. The van der Waals surface area contributed by atoms with Crippen LogP contribution in [0.2, 0.25) is 5.02 Å². The van der Waals surface area contributed by atoms with E-state index in [9.17, 15) is 0 Å². The van der Waals surface area contributed by atoms with Gasteiger partial charge in [0.1, 0.15) is 12.4 Å². The van der Waals surface area contributed by atoms with Gasteiger partial charge in [0.05, 0.1) is 0 Å². The Morgan fingerprint density at radius 2 is 1.94 bits per heavy atom. The molecule has 0 amide bonds. The first-order chi connectivity index (χ1) is 8.29. The van der Waals surface area contributed by atoms with E-state index in [0.29, 0.717) is 6.61 Å². The van der Waals surface area contributed by atoms with Gasteiger partial charge in [-0.15, -0.1) is 0 Å². The lowest BCUT2D eigenvalue weighted by Gasteiger charge is -2.08. The SMILES string of the molecule is C=Cc1cccc(OCc2ccccc2Cl)c1. The molecule has 0 aliphatic carbocycles. The molecule has 0 spiro atoms. The number of hydrogen-bond acceptors (Lipinski definition) is 1. The normalized spacial score (nSPS) is 9.94. The van der Waals surface area contributed by atoms with Gasteiger partial charge in [0.15, 0.2) is 0 Å². The number of hydrogen-bond donors (Lipinski definition) is 0. The summed E-state index contributed by atoms with van der Waals surface area (Å²) in [6.45, 7) is 4.20. The van der Waals surface area contributed by atoms with Crippen molar-refractivity contribution in [1.29, 1.82) is 0 Å². The molecule has 2 aromatic carbocycles. The molecule has 0 aliphatic rings. The van der Waals surface area contributed by atoms with Gasteiger partial charge in [-0.05, 0) is 23.8 Å². The van der Waals surface area contributed by atoms with E-state index in [1.165, 1.54) is 0 Å². The molecule has 0 unspecified atom stereocenters. The number of rotatable bonds is 4. The summed E-state index contributed by atoms with van der Waals surface area (Å²) in [5.41, 5.74) is 2.03. The Hall–Kier alpha value is -1.73. The van der Waals surface area contributed by atoms with Crippen molar-refractivity contribution in [2.75, 3.05) is 0 Å². The first-order valence-electron chi connectivity index (χ1n) is 5.38. The predicted octanol–water partition coefficient (Wildman–Crippen LogP) is 4.56. The summed E-state index contributed by atoms with van der Waals surface area (Å²) in [5, 5.41) is 0.729. The van der Waals surface area contributed by atoms with Crippen molar-refractivity contribution in [2.45, 2.75) is 6.61 Å². The number of benzene rings is 2. The summed E-state index contributed by atoms with van der Waals surface area (Å²) in [6.07, 6.45) is 1.79. The molecule has 0 heterocycles. The van der Waals surface area contributed by atoms with E-state index < -0.39 is 0 Å². The molecule has 86 valence electrons. The second kappa shape index (κ2) is 5.55. The summed E-state index contributed by atoms with van der Waals surface area (Å²) >= 11 is 6.05. The van der Waals surface area contributed by atoms with Crippen LogP contribution < -0.4 is 4.74 Å². The van der Waals surface area contributed by atoms with Crippen LogP contribution in [-0.2, 0) is 6.61 Å². The molecule has 0 saturated heterocycles. The molecule has 0 aliphatic heterocycles. The maximum atomic E-state index is 6.05. The number of ether oxygens (including phenoxy) is 1. The Balaban J connectivity index is 2.07. The third-order valence-corrected chi connectivity index (χ3v) is 2.81. The monoisotopic (exact) mass is 244 g/mol. The summed E-state index contributed by atoms with van der Waals surface area (Å²) in [4.78, 5) is 0. The molecule has 0 radical (unpaired) electrons. The molecular weight excluding hydrogens is 232 g/mol. The maximum Gasteiger partial charge on any atom is 0.120 e. The van der Waals surface area contributed by atoms with Gasteiger partial charge < -0.3 is 4.74 Å². The van der Waals surface area contributed by atoms with Crippen LogP contribution in [0.3, 0.4) is 0 Å². The Labute approximate surface area is 106 Å². The molecular formula is C15H13ClO. The molecule has 2 heteroatoms. The molecule has 0 N–H and O–H groups in total. The Kier molecular flexibility index (Phi) is 3.84. The van der Waals surface area contributed by atoms with E-state index in [2.05, 4.69) is 6.58 Å². The van der Waals surface area contributed by atoms with Crippen molar-refractivity contribution in [3.8, 4) is 5.75 Å². The van der Waals surface area contributed by atoms with E-state index >= 15 is 0 Å². The number of halogens is 1. The zero-order valence-corrected chi connectivity index (χ0v) is 10.2. The van der Waals surface area contributed by atoms with Gasteiger partial charge in [-0.2, -0.15) is 0 Å². The first-order valence-corrected chi connectivity index (χ1v) is 5.76. The van der Waals surface area contributed by atoms with Gasteiger partial charge in [-0.1, -0.05) is 54.6 Å². The van der Waals surface area contributed by atoms with Crippen LogP contribution in [0, 0.1) is 0 Å². The van der Waals surface area contributed by atoms with Crippen molar-refractivity contribution in [3.63, 3.8) is 0 Å². The van der Waals surface area contributed by atoms with Crippen LogP contribution in [0.1, 0.15) is 11.1 Å². The highest BCUT2D eigenvalue weighted by Gasteiger charge is 2.00. The maximum absolute atomic E-state index is 6.05. The van der Waals surface area contributed by atoms with Crippen LogP contribution in [-0.4, -0.2) is 0 Å². The molecule has 1 nitrogen and oxygen atoms in total. The van der Waals surface area contributed by atoms with Crippen LogP contribution in [0.15, 0.2) is 55.1 Å². The van der Waals surface area contributed by atoms with Crippen molar-refractivity contribution in [3.05, 3.63) is 71.3 Å². The van der Waals surface area contributed by atoms with E-state index in [0.717, 1.165) is 21.9 Å². The summed E-state index contributed by atoms with van der Waals surface area (Å²) in [7, 11) is 0. The molecule has 0 bridgehead atoms. The largest absolute Gasteiger partial charge is 0.489 e. The van der Waals surface area contributed by atoms with Gasteiger partial charge in [0.25, 0.3) is 0 Å². The van der Waals surface area contributed by atoms with Gasteiger partial charge in [-0.3, -0.25) is 0 Å². The highest BCUT2D eigenvalue weighted by Crippen LogP contribution is 2.19. The topological polar surface area (TPSA) is 9.23 Å². The highest BCUT2D eigenvalue weighted by atomic mass is 35.5. The van der Waals surface area contributed by atoms with Gasteiger partial charge in [0, 0.05) is 10.6 Å². The average molecular weight is 245 g/mol. The van der Waals surface area contributed by atoms with E-state index in [-0.39, 0.29) is 0 Å². The third-order valence-electron chi connectivity index (χ3n) is 2.45. The highest BCUT2D eigenvalue weighted by molar-refractivity contribution is 6.31. The zero-order chi connectivity index (χ0) is 12.1. The van der Waals surface area contributed by atoms with Crippen LogP contribution in [0.4, 0.5) is 0 Å². The van der Waals surface area contributed by atoms with Gasteiger partial charge >= 0.3 is 0 Å². The van der Waals surface area contributed by atoms with E-state index in [1.54, 1.807) is 6.08 Å². The molecule has 0 atom stereocenters. The average Bonchev–Trinajstić information content (AvgIpc) is 2.38. The summed E-state index contributed by atoms with van der Waals surface area (Å²) < 4.78 is 5.68. The predicted molar refractivity (Wildman–Crippen MR) is 72.3 cm³/mol. The van der Waals surface area contributed by atoms with Crippen LogP contribution in [0.5, 0.6) is 5.75 Å². The van der Waals surface area contributed by atoms with E-state index in [4.69, 9.17) is 16.3 Å². The molecule has 2 aromatic rings. The Morgan fingerprint density at radius 1 is 1.12 bits per heavy atom. The van der Waals surface area contributed by atoms with Crippen molar-refractivity contribution in [2.24, 2.45) is 0 Å². The lowest BCUT2D eigenvalue weighted by atomic mass is 10.2. The lowest BCUT2D eigenvalue weighted by Crippen LogP contribution is -1.96. The lowest BCUT2D eigenvalue weighted by molar-refractivity contribution is 0.306. The smallest absolute Gasteiger partial charge is 0.120 e. The van der Waals surface area contributed by atoms with E-state index in [1.807, 2.05) is 48.5 Å². The van der Waals surface area contributed by atoms with Crippen molar-refractivity contribution < 1.29 is 4.74 Å². The summed E-state index contributed by atoms with van der Waals surface area (Å²) in [6, 6.07) is 15.5. The van der Waals surface area contributed by atoms with Crippen molar-refractivity contribution in [1.82, 2.24) is 0 Å².